The van der Waals surface area contributed by atoms with E-state index in [0.717, 1.165) is 0 Å². The maximum atomic E-state index is 10.8. The van der Waals surface area contributed by atoms with Crippen LogP contribution in [0.5, 0.6) is 0 Å². The Balaban J connectivity index is 2.65. The summed E-state index contributed by atoms with van der Waals surface area (Å²) < 4.78 is 0. The molecular formula is C6H10N2O. The molecule has 0 fully saturated rings. The highest BCUT2D eigenvalue weighted by Gasteiger charge is 2.18. The molecule has 2 N–H and O–H groups in total. The lowest BCUT2D eigenvalue weighted by molar-refractivity contribution is -0.120. The summed E-state index contributed by atoms with van der Waals surface area (Å²) in [5.74, 6) is 0.144. The number of aliphatic imine (C=N–C) groups is 1. The van der Waals surface area contributed by atoms with Gasteiger partial charge >= 0.3 is 0 Å². The van der Waals surface area contributed by atoms with Crippen molar-refractivity contribution in [1.82, 2.24) is 0 Å². The normalized spacial score (nSPS) is 35.1. The third kappa shape index (κ3) is 1.36. The van der Waals surface area contributed by atoms with Gasteiger partial charge in [0.05, 0.1) is 0 Å². The van der Waals surface area contributed by atoms with Gasteiger partial charge in [-0.2, -0.15) is 0 Å². The van der Waals surface area contributed by atoms with Crippen molar-refractivity contribution < 1.29 is 4.79 Å². The first-order valence-corrected chi connectivity index (χ1v) is 3.02. The molecular weight excluding hydrogens is 116 g/mol. The molecule has 0 saturated heterocycles. The number of hydrogen-bond donors (Lipinski definition) is 1. The van der Waals surface area contributed by atoms with Crippen LogP contribution in [0.25, 0.3) is 0 Å². The lowest BCUT2D eigenvalue weighted by atomic mass is 10.0. The van der Waals surface area contributed by atoms with Gasteiger partial charge in [0.1, 0.15) is 6.04 Å². The molecule has 0 amide bonds. The number of carbonyl (C=O) groups excluding carboxylic acids is 1. The van der Waals surface area contributed by atoms with Gasteiger partial charge in [0.15, 0.2) is 5.78 Å². The van der Waals surface area contributed by atoms with Crippen LogP contribution in [-0.2, 0) is 4.79 Å². The average molecular weight is 126 g/mol. The van der Waals surface area contributed by atoms with Gasteiger partial charge in [-0.05, 0) is 6.92 Å². The van der Waals surface area contributed by atoms with Crippen molar-refractivity contribution in [2.45, 2.75) is 25.4 Å². The summed E-state index contributed by atoms with van der Waals surface area (Å²) in [6.07, 6.45) is 2.09. The highest BCUT2D eigenvalue weighted by molar-refractivity contribution is 5.91. The van der Waals surface area contributed by atoms with E-state index in [1.165, 1.54) is 0 Å². The van der Waals surface area contributed by atoms with E-state index in [-0.39, 0.29) is 17.9 Å². The van der Waals surface area contributed by atoms with Crippen molar-refractivity contribution in [3.63, 3.8) is 0 Å². The molecule has 0 spiro atoms. The van der Waals surface area contributed by atoms with Gasteiger partial charge in [0.2, 0.25) is 0 Å². The van der Waals surface area contributed by atoms with E-state index in [0.29, 0.717) is 6.42 Å². The Hall–Kier alpha value is -0.700. The SMILES string of the molecule is CC1N=CC(N)CC1=O. The van der Waals surface area contributed by atoms with Gasteiger partial charge in [0.25, 0.3) is 0 Å². The third-order valence-corrected chi connectivity index (χ3v) is 1.40. The van der Waals surface area contributed by atoms with Gasteiger partial charge in [0, 0.05) is 18.7 Å². The molecule has 2 atom stereocenters. The molecule has 1 aliphatic heterocycles. The van der Waals surface area contributed by atoms with E-state index in [2.05, 4.69) is 4.99 Å². The lowest BCUT2D eigenvalue weighted by Crippen LogP contribution is -2.34. The zero-order valence-corrected chi connectivity index (χ0v) is 5.37. The number of nitrogens with two attached hydrogens (primary N) is 1. The van der Waals surface area contributed by atoms with Crippen molar-refractivity contribution >= 4 is 12.0 Å². The minimum atomic E-state index is -0.162. The Morgan fingerprint density at radius 1 is 1.89 bits per heavy atom. The fraction of sp³-hybridized carbons (Fsp3) is 0.667. The Morgan fingerprint density at radius 3 is 3.00 bits per heavy atom. The second-order valence-corrected chi connectivity index (χ2v) is 2.31. The van der Waals surface area contributed by atoms with E-state index >= 15 is 0 Å². The second-order valence-electron chi connectivity index (χ2n) is 2.31. The van der Waals surface area contributed by atoms with E-state index < -0.39 is 0 Å². The number of Topliss-reactive ketones (excluding diaryl/α,β-unsaturated/α-hetero) is 1. The zero-order valence-electron chi connectivity index (χ0n) is 5.37. The quantitative estimate of drug-likeness (QED) is 0.486. The van der Waals surface area contributed by atoms with Crippen molar-refractivity contribution in [2.75, 3.05) is 0 Å². The van der Waals surface area contributed by atoms with Crippen molar-refractivity contribution in [3.05, 3.63) is 0 Å². The van der Waals surface area contributed by atoms with Crippen LogP contribution in [0.4, 0.5) is 0 Å². The molecule has 0 aromatic rings. The first-order valence-electron chi connectivity index (χ1n) is 3.02. The van der Waals surface area contributed by atoms with Gasteiger partial charge in [-0.1, -0.05) is 0 Å². The van der Waals surface area contributed by atoms with Crippen LogP contribution in [0, 0.1) is 0 Å². The molecule has 50 valence electrons. The number of carbonyl (C=O) groups is 1. The summed E-state index contributed by atoms with van der Waals surface area (Å²) in [6.45, 7) is 1.78. The van der Waals surface area contributed by atoms with Crippen LogP contribution < -0.4 is 5.73 Å². The van der Waals surface area contributed by atoms with Crippen molar-refractivity contribution in [2.24, 2.45) is 10.7 Å². The summed E-state index contributed by atoms with van der Waals surface area (Å²) in [7, 11) is 0. The van der Waals surface area contributed by atoms with Gasteiger partial charge in [-0.3, -0.25) is 9.79 Å². The topological polar surface area (TPSA) is 55.4 Å². The van der Waals surface area contributed by atoms with Crippen LogP contribution in [0.15, 0.2) is 4.99 Å². The second kappa shape index (κ2) is 2.27. The molecule has 0 bridgehead atoms. The molecule has 0 radical (unpaired) electrons. The van der Waals surface area contributed by atoms with Gasteiger partial charge < -0.3 is 5.73 Å². The zero-order chi connectivity index (χ0) is 6.85. The maximum Gasteiger partial charge on any atom is 0.158 e. The third-order valence-electron chi connectivity index (χ3n) is 1.40. The molecule has 0 saturated carbocycles. The minimum absolute atomic E-state index is 0.144. The molecule has 2 unspecified atom stereocenters. The van der Waals surface area contributed by atoms with E-state index in [1.54, 1.807) is 13.1 Å². The Morgan fingerprint density at radius 2 is 2.56 bits per heavy atom. The van der Waals surface area contributed by atoms with E-state index in [1.807, 2.05) is 0 Å². The summed E-state index contributed by atoms with van der Waals surface area (Å²) in [4.78, 5) is 14.7. The average Bonchev–Trinajstić information content (AvgIpc) is 1.80. The van der Waals surface area contributed by atoms with Crippen LogP contribution in [0.2, 0.25) is 0 Å². The highest BCUT2D eigenvalue weighted by Crippen LogP contribution is 2.02. The van der Waals surface area contributed by atoms with Crippen molar-refractivity contribution in [3.8, 4) is 0 Å². The summed E-state index contributed by atoms with van der Waals surface area (Å²) in [6, 6.07) is -0.307. The molecule has 1 aliphatic rings. The first kappa shape index (κ1) is 6.42. The predicted octanol–water partition coefficient (Wildman–Crippen LogP) is -0.254. The fourth-order valence-electron chi connectivity index (χ4n) is 0.778. The van der Waals surface area contributed by atoms with Crippen LogP contribution in [0.3, 0.4) is 0 Å². The first-order chi connectivity index (χ1) is 4.20. The van der Waals surface area contributed by atoms with Gasteiger partial charge in [-0.25, -0.2) is 0 Å². The van der Waals surface area contributed by atoms with Crippen LogP contribution >= 0.6 is 0 Å². The molecule has 3 heteroatoms. The number of hydrogen-bond acceptors (Lipinski definition) is 3. The standard InChI is InChI=1S/C6H10N2O/c1-4-6(9)2-5(7)3-8-4/h3-5H,2,7H2,1H3. The van der Waals surface area contributed by atoms with E-state index in [4.69, 9.17) is 5.73 Å². The number of ketones is 1. The Labute approximate surface area is 54.0 Å². The predicted molar refractivity (Wildman–Crippen MR) is 35.6 cm³/mol. The fourth-order valence-corrected chi connectivity index (χ4v) is 0.778. The maximum absolute atomic E-state index is 10.8. The van der Waals surface area contributed by atoms with Gasteiger partial charge in [-0.15, -0.1) is 0 Å². The molecule has 3 nitrogen and oxygen atoms in total. The monoisotopic (exact) mass is 126 g/mol. The lowest BCUT2D eigenvalue weighted by Gasteiger charge is -2.13. The van der Waals surface area contributed by atoms with Crippen molar-refractivity contribution in [1.29, 1.82) is 0 Å². The molecule has 9 heavy (non-hydrogen) atoms. The molecule has 0 aliphatic carbocycles. The Kier molecular flexibility index (Phi) is 1.62. The summed E-state index contributed by atoms with van der Waals surface area (Å²) >= 11 is 0. The largest absolute Gasteiger partial charge is 0.323 e. The molecule has 1 heterocycles. The summed E-state index contributed by atoms with van der Waals surface area (Å²) in [5, 5.41) is 0. The molecule has 0 aromatic heterocycles. The minimum Gasteiger partial charge on any atom is -0.323 e. The molecule has 1 rings (SSSR count). The van der Waals surface area contributed by atoms with Crippen LogP contribution in [-0.4, -0.2) is 24.1 Å². The highest BCUT2D eigenvalue weighted by atomic mass is 16.1. The van der Waals surface area contributed by atoms with E-state index in [9.17, 15) is 4.79 Å². The van der Waals surface area contributed by atoms with Crippen LogP contribution in [0.1, 0.15) is 13.3 Å². The summed E-state index contributed by atoms with van der Waals surface area (Å²) in [5.41, 5.74) is 5.42. The number of nitrogens with zero attached hydrogens (tertiary/aromatic N) is 1. The number of rotatable bonds is 0. The molecule has 0 aromatic carbocycles. The Bertz CT molecular complexity index is 153. The smallest absolute Gasteiger partial charge is 0.158 e.